The lowest BCUT2D eigenvalue weighted by molar-refractivity contribution is 0.733. The van der Waals surface area contributed by atoms with Gasteiger partial charge in [0, 0.05) is 0 Å². The first-order valence-electron chi connectivity index (χ1n) is 5.16. The SMILES string of the molecule is CCCCC1=CC(CC)C(C)=C1. The first-order chi connectivity index (χ1) is 5.77. The smallest absolute Gasteiger partial charge is 0.00196 e. The van der Waals surface area contributed by atoms with Crippen molar-refractivity contribution in [1.82, 2.24) is 0 Å². The van der Waals surface area contributed by atoms with Crippen LogP contribution in [0.15, 0.2) is 23.3 Å². The van der Waals surface area contributed by atoms with Crippen molar-refractivity contribution in [2.75, 3.05) is 0 Å². The van der Waals surface area contributed by atoms with Crippen LogP contribution in [0, 0.1) is 5.92 Å². The topological polar surface area (TPSA) is 0 Å². The van der Waals surface area contributed by atoms with Crippen LogP contribution < -0.4 is 0 Å². The van der Waals surface area contributed by atoms with E-state index >= 15 is 0 Å². The van der Waals surface area contributed by atoms with Crippen molar-refractivity contribution >= 4 is 0 Å². The summed E-state index contributed by atoms with van der Waals surface area (Å²) in [4.78, 5) is 0. The predicted octanol–water partition coefficient (Wildman–Crippen LogP) is 4.09. The molecule has 1 unspecified atom stereocenters. The molecule has 0 nitrogen and oxygen atoms in total. The molecule has 0 radical (unpaired) electrons. The van der Waals surface area contributed by atoms with Crippen molar-refractivity contribution in [2.45, 2.75) is 46.5 Å². The van der Waals surface area contributed by atoms with E-state index < -0.39 is 0 Å². The first-order valence-corrected chi connectivity index (χ1v) is 5.16. The molecule has 0 aromatic rings. The van der Waals surface area contributed by atoms with Crippen LogP contribution in [0.25, 0.3) is 0 Å². The summed E-state index contributed by atoms with van der Waals surface area (Å²) in [6.07, 6.45) is 10.0. The minimum absolute atomic E-state index is 0.747. The molecule has 0 bridgehead atoms. The molecule has 0 heteroatoms. The molecule has 12 heavy (non-hydrogen) atoms. The molecule has 1 atom stereocenters. The van der Waals surface area contributed by atoms with Crippen molar-refractivity contribution < 1.29 is 0 Å². The van der Waals surface area contributed by atoms with Gasteiger partial charge in [0.05, 0.1) is 0 Å². The third kappa shape index (κ3) is 2.23. The highest BCUT2D eigenvalue weighted by Crippen LogP contribution is 2.28. The van der Waals surface area contributed by atoms with Gasteiger partial charge in [-0.3, -0.25) is 0 Å². The standard InChI is InChI=1S/C12H20/c1-4-6-7-11-8-10(3)12(5-2)9-11/h8-9,12H,4-7H2,1-3H3. The Morgan fingerprint density at radius 1 is 1.33 bits per heavy atom. The van der Waals surface area contributed by atoms with Gasteiger partial charge in [-0.1, -0.05) is 43.6 Å². The average Bonchev–Trinajstić information content (AvgIpc) is 2.43. The minimum Gasteiger partial charge on any atom is -0.0741 e. The van der Waals surface area contributed by atoms with Crippen LogP contribution in [-0.4, -0.2) is 0 Å². The fraction of sp³-hybridized carbons (Fsp3) is 0.667. The third-order valence-corrected chi connectivity index (χ3v) is 2.67. The Labute approximate surface area is 76.4 Å². The maximum absolute atomic E-state index is 2.45. The minimum atomic E-state index is 0.747. The molecule has 0 heterocycles. The zero-order valence-corrected chi connectivity index (χ0v) is 8.56. The van der Waals surface area contributed by atoms with Gasteiger partial charge in [0.25, 0.3) is 0 Å². The van der Waals surface area contributed by atoms with Gasteiger partial charge in [0.2, 0.25) is 0 Å². The second kappa shape index (κ2) is 4.49. The van der Waals surface area contributed by atoms with Crippen molar-refractivity contribution in [3.63, 3.8) is 0 Å². The molecule has 0 aliphatic heterocycles. The van der Waals surface area contributed by atoms with Crippen molar-refractivity contribution in [2.24, 2.45) is 5.92 Å². The van der Waals surface area contributed by atoms with E-state index in [0.717, 1.165) is 5.92 Å². The fourth-order valence-electron chi connectivity index (χ4n) is 1.81. The molecule has 68 valence electrons. The quantitative estimate of drug-likeness (QED) is 0.587. The summed E-state index contributed by atoms with van der Waals surface area (Å²) < 4.78 is 0. The third-order valence-electron chi connectivity index (χ3n) is 2.67. The second-order valence-electron chi connectivity index (χ2n) is 3.75. The molecule has 0 aromatic carbocycles. The molecule has 0 saturated heterocycles. The van der Waals surface area contributed by atoms with Gasteiger partial charge in [0.1, 0.15) is 0 Å². The number of hydrogen-bond donors (Lipinski definition) is 0. The van der Waals surface area contributed by atoms with Crippen molar-refractivity contribution in [3.05, 3.63) is 23.3 Å². The van der Waals surface area contributed by atoms with E-state index in [1.165, 1.54) is 25.7 Å². The maximum Gasteiger partial charge on any atom is -0.00196 e. The Hall–Kier alpha value is -0.520. The van der Waals surface area contributed by atoms with Crippen LogP contribution in [0.2, 0.25) is 0 Å². The van der Waals surface area contributed by atoms with Gasteiger partial charge in [-0.25, -0.2) is 0 Å². The summed E-state index contributed by atoms with van der Waals surface area (Å²) in [5.74, 6) is 0.747. The lowest BCUT2D eigenvalue weighted by Gasteiger charge is -2.03. The molecule has 0 spiro atoms. The highest BCUT2D eigenvalue weighted by molar-refractivity contribution is 5.34. The van der Waals surface area contributed by atoms with E-state index in [1.807, 2.05) is 0 Å². The largest absolute Gasteiger partial charge is 0.0741 e. The summed E-state index contributed by atoms with van der Waals surface area (Å²) >= 11 is 0. The summed E-state index contributed by atoms with van der Waals surface area (Å²) in [5.41, 5.74) is 3.13. The molecule has 0 aromatic heterocycles. The Morgan fingerprint density at radius 3 is 2.58 bits per heavy atom. The molecule has 0 saturated carbocycles. The molecule has 0 N–H and O–H groups in total. The summed E-state index contributed by atoms with van der Waals surface area (Å²) in [7, 11) is 0. The van der Waals surface area contributed by atoms with Gasteiger partial charge in [0.15, 0.2) is 0 Å². The van der Waals surface area contributed by atoms with Crippen molar-refractivity contribution in [1.29, 1.82) is 0 Å². The van der Waals surface area contributed by atoms with Gasteiger partial charge in [-0.2, -0.15) is 0 Å². The number of allylic oxidation sites excluding steroid dienone is 4. The molecular weight excluding hydrogens is 144 g/mol. The van der Waals surface area contributed by atoms with Crippen LogP contribution in [0.4, 0.5) is 0 Å². The highest BCUT2D eigenvalue weighted by Gasteiger charge is 2.12. The normalized spacial score (nSPS) is 22.4. The first kappa shape index (κ1) is 9.57. The van der Waals surface area contributed by atoms with Gasteiger partial charge < -0.3 is 0 Å². The lowest BCUT2D eigenvalue weighted by atomic mass is 10.0. The van der Waals surface area contributed by atoms with Crippen LogP contribution in [-0.2, 0) is 0 Å². The van der Waals surface area contributed by atoms with Crippen LogP contribution in [0.3, 0.4) is 0 Å². The van der Waals surface area contributed by atoms with E-state index in [9.17, 15) is 0 Å². The van der Waals surface area contributed by atoms with Crippen molar-refractivity contribution in [3.8, 4) is 0 Å². The van der Waals surface area contributed by atoms with Gasteiger partial charge >= 0.3 is 0 Å². The van der Waals surface area contributed by atoms with E-state index in [-0.39, 0.29) is 0 Å². The van der Waals surface area contributed by atoms with E-state index in [0.29, 0.717) is 0 Å². The van der Waals surface area contributed by atoms with E-state index in [1.54, 1.807) is 11.1 Å². The molecule has 1 aliphatic carbocycles. The maximum atomic E-state index is 2.45. The van der Waals surface area contributed by atoms with Crippen LogP contribution in [0.1, 0.15) is 46.5 Å². The zero-order valence-electron chi connectivity index (χ0n) is 8.56. The average molecular weight is 164 g/mol. The Bertz CT molecular complexity index is 196. The molecule has 1 rings (SSSR count). The number of hydrogen-bond acceptors (Lipinski definition) is 0. The highest BCUT2D eigenvalue weighted by atomic mass is 14.2. The van der Waals surface area contributed by atoms with Crippen LogP contribution in [0.5, 0.6) is 0 Å². The monoisotopic (exact) mass is 164 g/mol. The Balaban J connectivity index is 2.47. The molecular formula is C12H20. The van der Waals surface area contributed by atoms with Gasteiger partial charge in [-0.05, 0) is 32.1 Å². The van der Waals surface area contributed by atoms with Crippen LogP contribution >= 0.6 is 0 Å². The number of unbranched alkanes of at least 4 members (excludes halogenated alkanes) is 1. The molecule has 1 aliphatic rings. The number of rotatable bonds is 4. The Morgan fingerprint density at radius 2 is 2.08 bits per heavy atom. The van der Waals surface area contributed by atoms with Gasteiger partial charge in [-0.15, -0.1) is 0 Å². The Kier molecular flexibility index (Phi) is 3.58. The second-order valence-corrected chi connectivity index (χ2v) is 3.75. The molecule has 0 amide bonds. The van der Waals surface area contributed by atoms with E-state index in [4.69, 9.17) is 0 Å². The lowest BCUT2D eigenvalue weighted by Crippen LogP contribution is -1.90. The zero-order chi connectivity index (χ0) is 8.97. The van der Waals surface area contributed by atoms with E-state index in [2.05, 4.69) is 32.9 Å². The fourth-order valence-corrected chi connectivity index (χ4v) is 1.81. The summed E-state index contributed by atoms with van der Waals surface area (Å²) in [5, 5.41) is 0. The molecule has 0 fully saturated rings. The predicted molar refractivity (Wildman–Crippen MR) is 55.1 cm³/mol. The summed E-state index contributed by atoms with van der Waals surface area (Å²) in [6.45, 7) is 6.77. The summed E-state index contributed by atoms with van der Waals surface area (Å²) in [6, 6.07) is 0.